The maximum absolute atomic E-state index is 10.3. The smallest absolute Gasteiger partial charge is 1.00 e. The summed E-state index contributed by atoms with van der Waals surface area (Å²) < 4.78 is 18.8. The molecule has 0 heterocycles. The van der Waals surface area contributed by atoms with Crippen LogP contribution in [0, 0.1) is 0 Å². The Hall–Kier alpha value is -0.0726. The summed E-state index contributed by atoms with van der Waals surface area (Å²) in [5, 5.41) is 0. The molecule has 1 rings (SSSR count). The molecule has 50 valence electrons. The molecule has 1 atom stereocenters. The van der Waals surface area contributed by atoms with Crippen LogP contribution < -0.4 is 18.9 Å². The van der Waals surface area contributed by atoms with Crippen LogP contribution in [0.15, 0.2) is 35.2 Å². The summed E-state index contributed by atoms with van der Waals surface area (Å²) >= 11 is -1.83. The second-order valence-electron chi connectivity index (χ2n) is 1.56. The van der Waals surface area contributed by atoms with Gasteiger partial charge >= 0.3 is 18.9 Å². The Morgan fingerprint density at radius 2 is 1.80 bits per heavy atom. The quantitative estimate of drug-likeness (QED) is 0.386. The Kier molecular flexibility index (Phi) is 4.66. The third-order valence-corrected chi connectivity index (χ3v) is 1.62. The number of benzene rings is 1. The van der Waals surface area contributed by atoms with E-state index in [1.807, 2.05) is 0 Å². The number of hydrogen-bond acceptors (Lipinski definition) is 1. The summed E-state index contributed by atoms with van der Waals surface area (Å²) in [5.41, 5.74) is 0. The normalized spacial score (nSPS) is 11.7. The van der Waals surface area contributed by atoms with Gasteiger partial charge in [0.1, 0.15) is 0 Å². The summed E-state index contributed by atoms with van der Waals surface area (Å²) in [4.78, 5) is 0.442. The SMILES string of the molecule is O=S(O)c1ccccc1.[H-].[Li+]. The Bertz CT molecular complexity index is 217. The molecule has 0 aliphatic heterocycles. The molecule has 1 N–H and O–H groups in total. The van der Waals surface area contributed by atoms with Gasteiger partial charge < -0.3 is 5.98 Å². The molecule has 0 amide bonds. The van der Waals surface area contributed by atoms with Gasteiger partial charge in [0.05, 0.1) is 4.90 Å². The van der Waals surface area contributed by atoms with Gasteiger partial charge in [-0.2, -0.15) is 0 Å². The van der Waals surface area contributed by atoms with Crippen molar-refractivity contribution in [2.24, 2.45) is 0 Å². The fourth-order valence-corrected chi connectivity index (χ4v) is 0.927. The first-order valence-electron chi connectivity index (χ1n) is 2.46. The van der Waals surface area contributed by atoms with Gasteiger partial charge in [-0.05, 0) is 12.1 Å². The van der Waals surface area contributed by atoms with Crippen molar-refractivity contribution in [1.29, 1.82) is 0 Å². The minimum atomic E-state index is -1.83. The van der Waals surface area contributed by atoms with Gasteiger partial charge in [-0.1, -0.05) is 18.2 Å². The molecule has 0 aliphatic carbocycles. The number of rotatable bonds is 1. The molecule has 0 saturated heterocycles. The molecule has 1 unspecified atom stereocenters. The molecule has 0 aliphatic rings. The van der Waals surface area contributed by atoms with E-state index < -0.39 is 11.1 Å². The van der Waals surface area contributed by atoms with Crippen molar-refractivity contribution >= 4 is 11.1 Å². The van der Waals surface area contributed by atoms with Crippen LogP contribution in [-0.2, 0) is 11.1 Å². The molecule has 1 aromatic rings. The van der Waals surface area contributed by atoms with Gasteiger partial charge in [0, 0.05) is 0 Å². The van der Waals surface area contributed by atoms with Crippen LogP contribution in [0.3, 0.4) is 0 Å². The molecule has 0 radical (unpaired) electrons. The zero-order chi connectivity index (χ0) is 6.69. The third kappa shape index (κ3) is 2.67. The van der Waals surface area contributed by atoms with E-state index in [-0.39, 0.29) is 20.3 Å². The van der Waals surface area contributed by atoms with E-state index in [0.29, 0.717) is 4.90 Å². The fraction of sp³-hybridized carbons (Fsp3) is 0. The summed E-state index contributed by atoms with van der Waals surface area (Å²) in [6.07, 6.45) is 0. The standard InChI is InChI=1S/C6H6O2S.Li.H/c7-9(8)6-4-2-1-3-5-6;;/h1-5H,(H,7,8);;/q;+1;-1. The van der Waals surface area contributed by atoms with Gasteiger partial charge in [-0.25, -0.2) is 4.21 Å². The predicted octanol–water partition coefficient (Wildman–Crippen LogP) is -1.62. The molecular formula is C6H7LiO2S. The first kappa shape index (κ1) is 9.93. The van der Waals surface area contributed by atoms with Crippen LogP contribution in [0.5, 0.6) is 0 Å². The zero-order valence-corrected chi connectivity index (χ0v) is 6.47. The average molecular weight is 150 g/mol. The topological polar surface area (TPSA) is 37.3 Å². The molecular weight excluding hydrogens is 143 g/mol. The Morgan fingerprint density at radius 3 is 2.10 bits per heavy atom. The van der Waals surface area contributed by atoms with E-state index in [4.69, 9.17) is 4.55 Å². The van der Waals surface area contributed by atoms with E-state index in [1.165, 1.54) is 0 Å². The van der Waals surface area contributed by atoms with Crippen LogP contribution in [-0.4, -0.2) is 8.76 Å². The van der Waals surface area contributed by atoms with Crippen molar-refractivity contribution in [1.82, 2.24) is 0 Å². The molecule has 4 heteroatoms. The van der Waals surface area contributed by atoms with Gasteiger partial charge in [0.15, 0.2) is 11.1 Å². The van der Waals surface area contributed by atoms with Crippen LogP contribution in [0.1, 0.15) is 1.43 Å². The molecule has 10 heavy (non-hydrogen) atoms. The van der Waals surface area contributed by atoms with Gasteiger partial charge in [0.25, 0.3) is 0 Å². The average Bonchev–Trinajstić information content (AvgIpc) is 1.90. The van der Waals surface area contributed by atoms with Crippen LogP contribution in [0.4, 0.5) is 0 Å². The molecule has 0 aromatic heterocycles. The summed E-state index contributed by atoms with van der Waals surface area (Å²) in [6.45, 7) is 0. The monoisotopic (exact) mass is 150 g/mol. The van der Waals surface area contributed by atoms with E-state index in [0.717, 1.165) is 0 Å². The Morgan fingerprint density at radius 1 is 1.30 bits per heavy atom. The van der Waals surface area contributed by atoms with Crippen molar-refractivity contribution in [3.63, 3.8) is 0 Å². The first-order valence-corrected chi connectivity index (χ1v) is 3.57. The van der Waals surface area contributed by atoms with Crippen molar-refractivity contribution < 1.29 is 29.0 Å². The van der Waals surface area contributed by atoms with Gasteiger partial charge in [-0.3, -0.25) is 0 Å². The van der Waals surface area contributed by atoms with Crippen LogP contribution >= 0.6 is 0 Å². The van der Waals surface area contributed by atoms with Crippen molar-refractivity contribution in [2.45, 2.75) is 4.90 Å². The molecule has 2 nitrogen and oxygen atoms in total. The summed E-state index contributed by atoms with van der Waals surface area (Å²) in [6, 6.07) is 8.47. The van der Waals surface area contributed by atoms with E-state index in [9.17, 15) is 4.21 Å². The minimum Gasteiger partial charge on any atom is -1.00 e. The second kappa shape index (κ2) is 4.70. The fourth-order valence-electron chi connectivity index (χ4n) is 0.537. The van der Waals surface area contributed by atoms with Crippen molar-refractivity contribution in [2.75, 3.05) is 0 Å². The Balaban J connectivity index is 0. The molecule has 0 spiro atoms. The third-order valence-electron chi connectivity index (χ3n) is 0.945. The zero-order valence-electron chi connectivity index (χ0n) is 6.65. The van der Waals surface area contributed by atoms with Gasteiger partial charge in [0.2, 0.25) is 0 Å². The van der Waals surface area contributed by atoms with E-state index in [1.54, 1.807) is 30.3 Å². The summed E-state index contributed by atoms with van der Waals surface area (Å²) in [5.74, 6) is 0. The largest absolute Gasteiger partial charge is 1.00 e. The van der Waals surface area contributed by atoms with Crippen LogP contribution in [0.2, 0.25) is 0 Å². The Labute approximate surface area is 75.6 Å². The van der Waals surface area contributed by atoms with Gasteiger partial charge in [-0.15, -0.1) is 0 Å². The maximum atomic E-state index is 10.3. The second-order valence-corrected chi connectivity index (χ2v) is 2.53. The van der Waals surface area contributed by atoms with E-state index in [2.05, 4.69) is 0 Å². The number of hydrogen-bond donors (Lipinski definition) is 1. The summed E-state index contributed by atoms with van der Waals surface area (Å²) in [7, 11) is 0. The van der Waals surface area contributed by atoms with Crippen molar-refractivity contribution in [3.05, 3.63) is 30.3 Å². The van der Waals surface area contributed by atoms with Crippen LogP contribution in [0.25, 0.3) is 0 Å². The molecule has 1 aromatic carbocycles. The molecule has 0 saturated carbocycles. The van der Waals surface area contributed by atoms with E-state index >= 15 is 0 Å². The molecule has 0 bridgehead atoms. The maximum Gasteiger partial charge on any atom is 1.00 e. The predicted molar refractivity (Wildman–Crippen MR) is 36.6 cm³/mol. The molecule has 0 fully saturated rings. The minimum absolute atomic E-state index is 0. The van der Waals surface area contributed by atoms with Crippen molar-refractivity contribution in [3.8, 4) is 0 Å². The first-order chi connectivity index (χ1) is 4.30.